The molecule has 0 aliphatic carbocycles. The van der Waals surface area contributed by atoms with E-state index in [0.717, 1.165) is 29.7 Å². The third-order valence-electron chi connectivity index (χ3n) is 4.47. The molecular formula is C21H19N5. The molecule has 0 saturated heterocycles. The third kappa shape index (κ3) is 3.31. The molecule has 26 heavy (non-hydrogen) atoms. The van der Waals surface area contributed by atoms with Gasteiger partial charge in [0.25, 0.3) is 0 Å². The van der Waals surface area contributed by atoms with Crippen LogP contribution in [-0.4, -0.2) is 16.5 Å². The predicted molar refractivity (Wildman–Crippen MR) is 104 cm³/mol. The van der Waals surface area contributed by atoms with Gasteiger partial charge in [-0.05, 0) is 42.3 Å². The fourth-order valence-electron chi connectivity index (χ4n) is 3.14. The smallest absolute Gasteiger partial charge is 0.221 e. The lowest BCUT2D eigenvalue weighted by molar-refractivity contribution is 0.830. The molecule has 1 aliphatic heterocycles. The van der Waals surface area contributed by atoms with Crippen molar-refractivity contribution in [3.05, 3.63) is 77.0 Å². The second-order valence-corrected chi connectivity index (χ2v) is 6.27. The minimum absolute atomic E-state index is 0.203. The maximum Gasteiger partial charge on any atom is 0.221 e. The van der Waals surface area contributed by atoms with Crippen molar-refractivity contribution < 1.29 is 0 Å². The number of benzene rings is 2. The van der Waals surface area contributed by atoms with Crippen LogP contribution in [0, 0.1) is 11.8 Å². The molecule has 2 aromatic carbocycles. The van der Waals surface area contributed by atoms with Crippen LogP contribution in [0.1, 0.15) is 22.3 Å². The van der Waals surface area contributed by atoms with Gasteiger partial charge in [-0.2, -0.15) is 4.98 Å². The first-order valence-electron chi connectivity index (χ1n) is 8.51. The van der Waals surface area contributed by atoms with Crippen LogP contribution in [0.4, 0.5) is 17.5 Å². The lowest BCUT2D eigenvalue weighted by Gasteiger charge is -2.20. The standard InChI is InChI=1S/C21H19N5/c22-20-18(13-24-21(23)25-20)14-26-11-10-17-12-16(8-9-19(17)26)7-6-15-4-2-1-3-5-15/h1-5,8-9,12-13H,10-11,14H2,(H4,22,23,24,25). The summed E-state index contributed by atoms with van der Waals surface area (Å²) in [5, 5.41) is 0. The average molecular weight is 341 g/mol. The fourth-order valence-corrected chi connectivity index (χ4v) is 3.14. The molecule has 0 amide bonds. The molecule has 0 bridgehead atoms. The first-order valence-corrected chi connectivity index (χ1v) is 8.51. The summed E-state index contributed by atoms with van der Waals surface area (Å²) >= 11 is 0. The highest BCUT2D eigenvalue weighted by atomic mass is 15.2. The number of fused-ring (bicyclic) bond motifs is 1. The number of nitrogen functional groups attached to an aromatic ring is 2. The van der Waals surface area contributed by atoms with E-state index in [0.29, 0.717) is 12.4 Å². The molecule has 0 atom stereocenters. The van der Waals surface area contributed by atoms with Crippen molar-refractivity contribution in [3.63, 3.8) is 0 Å². The molecule has 2 heterocycles. The third-order valence-corrected chi connectivity index (χ3v) is 4.47. The Morgan fingerprint density at radius 3 is 2.62 bits per heavy atom. The molecule has 4 rings (SSSR count). The molecule has 0 unspecified atom stereocenters. The largest absolute Gasteiger partial charge is 0.383 e. The molecule has 5 heteroatoms. The van der Waals surface area contributed by atoms with Crippen LogP contribution in [0.5, 0.6) is 0 Å². The molecule has 4 N–H and O–H groups in total. The summed E-state index contributed by atoms with van der Waals surface area (Å²) in [7, 11) is 0. The number of nitrogens with zero attached hydrogens (tertiary/aromatic N) is 3. The number of hydrogen-bond acceptors (Lipinski definition) is 5. The minimum atomic E-state index is 0.203. The number of aromatic nitrogens is 2. The van der Waals surface area contributed by atoms with Crippen molar-refractivity contribution in [1.29, 1.82) is 0 Å². The second kappa shape index (κ2) is 6.77. The number of rotatable bonds is 2. The summed E-state index contributed by atoms with van der Waals surface area (Å²) in [5.41, 5.74) is 17.0. The normalized spacial score (nSPS) is 12.4. The van der Waals surface area contributed by atoms with Gasteiger partial charge in [0.2, 0.25) is 5.95 Å². The zero-order valence-electron chi connectivity index (χ0n) is 14.3. The lowest BCUT2D eigenvalue weighted by Crippen LogP contribution is -2.21. The van der Waals surface area contributed by atoms with Gasteiger partial charge >= 0.3 is 0 Å². The van der Waals surface area contributed by atoms with Gasteiger partial charge in [-0.3, -0.25) is 0 Å². The van der Waals surface area contributed by atoms with Crippen molar-refractivity contribution in [1.82, 2.24) is 9.97 Å². The summed E-state index contributed by atoms with van der Waals surface area (Å²) in [6.45, 7) is 1.61. The number of anilines is 3. The van der Waals surface area contributed by atoms with Gasteiger partial charge in [-0.15, -0.1) is 0 Å². The minimum Gasteiger partial charge on any atom is -0.383 e. The van der Waals surface area contributed by atoms with Gasteiger partial charge in [-0.25, -0.2) is 4.98 Å². The summed E-state index contributed by atoms with van der Waals surface area (Å²) in [6.07, 6.45) is 2.70. The Labute approximate surface area is 152 Å². The highest BCUT2D eigenvalue weighted by molar-refractivity contribution is 5.62. The summed E-state index contributed by atoms with van der Waals surface area (Å²) in [4.78, 5) is 10.4. The van der Waals surface area contributed by atoms with E-state index in [1.54, 1.807) is 6.20 Å². The molecule has 1 aliphatic rings. The van der Waals surface area contributed by atoms with Crippen LogP contribution in [0.2, 0.25) is 0 Å². The van der Waals surface area contributed by atoms with Gasteiger partial charge in [-0.1, -0.05) is 30.0 Å². The first kappa shape index (κ1) is 16.0. The van der Waals surface area contributed by atoms with Crippen LogP contribution >= 0.6 is 0 Å². The molecule has 0 spiro atoms. The Kier molecular flexibility index (Phi) is 4.16. The molecule has 3 aromatic rings. The van der Waals surface area contributed by atoms with Crippen molar-refractivity contribution in [3.8, 4) is 11.8 Å². The van der Waals surface area contributed by atoms with Crippen molar-refractivity contribution in [2.45, 2.75) is 13.0 Å². The van der Waals surface area contributed by atoms with Crippen LogP contribution in [0.3, 0.4) is 0 Å². The average Bonchev–Trinajstić information content (AvgIpc) is 3.05. The van der Waals surface area contributed by atoms with Gasteiger partial charge in [0.1, 0.15) is 5.82 Å². The Bertz CT molecular complexity index is 1000. The summed E-state index contributed by atoms with van der Waals surface area (Å²) in [6, 6.07) is 16.4. The first-order chi connectivity index (χ1) is 12.7. The predicted octanol–water partition coefficient (Wildman–Crippen LogP) is 2.60. The number of nitrogens with two attached hydrogens (primary N) is 2. The van der Waals surface area contributed by atoms with E-state index in [9.17, 15) is 0 Å². The molecule has 0 radical (unpaired) electrons. The van der Waals surface area contributed by atoms with Crippen LogP contribution in [0.25, 0.3) is 0 Å². The Hall–Kier alpha value is -3.52. The van der Waals surface area contributed by atoms with E-state index in [1.165, 1.54) is 11.3 Å². The van der Waals surface area contributed by atoms with Crippen LogP contribution in [0.15, 0.2) is 54.7 Å². The van der Waals surface area contributed by atoms with Crippen molar-refractivity contribution >= 4 is 17.5 Å². The summed E-state index contributed by atoms with van der Waals surface area (Å²) in [5.74, 6) is 7.10. The highest BCUT2D eigenvalue weighted by Crippen LogP contribution is 2.30. The van der Waals surface area contributed by atoms with Crippen LogP contribution < -0.4 is 16.4 Å². The van der Waals surface area contributed by atoms with E-state index >= 15 is 0 Å². The number of hydrogen-bond donors (Lipinski definition) is 2. The summed E-state index contributed by atoms with van der Waals surface area (Å²) < 4.78 is 0. The Morgan fingerprint density at radius 2 is 1.81 bits per heavy atom. The Balaban J connectivity index is 1.54. The molecule has 1 aromatic heterocycles. The van der Waals surface area contributed by atoms with E-state index in [-0.39, 0.29) is 5.95 Å². The molecule has 0 saturated carbocycles. The molecular weight excluding hydrogens is 322 g/mol. The zero-order chi connectivity index (χ0) is 17.9. The molecule has 128 valence electrons. The molecule has 5 nitrogen and oxygen atoms in total. The maximum atomic E-state index is 5.96. The van der Waals surface area contributed by atoms with Gasteiger partial charge in [0, 0.05) is 41.7 Å². The monoisotopic (exact) mass is 341 g/mol. The van der Waals surface area contributed by atoms with Crippen LogP contribution in [-0.2, 0) is 13.0 Å². The molecule has 0 fully saturated rings. The van der Waals surface area contributed by atoms with Gasteiger partial charge < -0.3 is 16.4 Å². The fraction of sp³-hybridized carbons (Fsp3) is 0.143. The lowest BCUT2D eigenvalue weighted by atomic mass is 10.1. The highest BCUT2D eigenvalue weighted by Gasteiger charge is 2.20. The van der Waals surface area contributed by atoms with Gasteiger partial charge in [0.05, 0.1) is 0 Å². The van der Waals surface area contributed by atoms with E-state index in [2.05, 4.69) is 44.9 Å². The van der Waals surface area contributed by atoms with Crippen molar-refractivity contribution in [2.75, 3.05) is 22.9 Å². The second-order valence-electron chi connectivity index (χ2n) is 6.27. The van der Waals surface area contributed by atoms with E-state index in [1.807, 2.05) is 30.3 Å². The SMILES string of the molecule is Nc1ncc(CN2CCc3cc(C#Cc4ccccc4)ccc32)c(N)n1. The zero-order valence-corrected chi connectivity index (χ0v) is 14.3. The van der Waals surface area contributed by atoms with E-state index in [4.69, 9.17) is 11.5 Å². The van der Waals surface area contributed by atoms with E-state index < -0.39 is 0 Å². The van der Waals surface area contributed by atoms with Gasteiger partial charge in [0.15, 0.2) is 0 Å². The van der Waals surface area contributed by atoms with Crippen molar-refractivity contribution in [2.24, 2.45) is 0 Å². The Morgan fingerprint density at radius 1 is 1.00 bits per heavy atom. The topological polar surface area (TPSA) is 81.1 Å². The maximum absolute atomic E-state index is 5.96. The quantitative estimate of drug-likeness (QED) is 0.700.